The normalized spacial score (nSPS) is 9.60. The second-order valence-electron chi connectivity index (χ2n) is 3.42. The Hall–Kier alpha value is -1.29. The van der Waals surface area contributed by atoms with E-state index in [2.05, 4.69) is 44.6 Å². The highest BCUT2D eigenvalue weighted by molar-refractivity contribution is 9.10. The summed E-state index contributed by atoms with van der Waals surface area (Å²) in [6.07, 6.45) is 1.67. The Morgan fingerprint density at radius 1 is 1.33 bits per heavy atom. The van der Waals surface area contributed by atoms with Crippen LogP contribution in [0.3, 0.4) is 0 Å². The van der Waals surface area contributed by atoms with Gasteiger partial charge in [-0.15, -0.1) is 0 Å². The molecule has 1 aromatic rings. The van der Waals surface area contributed by atoms with E-state index in [1.54, 1.807) is 26.1 Å². The summed E-state index contributed by atoms with van der Waals surface area (Å²) in [6.45, 7) is 3.22. The minimum Gasteiger partial charge on any atom is -0.378 e. The largest absolute Gasteiger partial charge is 0.378 e. The lowest BCUT2D eigenvalue weighted by Crippen LogP contribution is -2.14. The Morgan fingerprint density at radius 2 is 2.07 bits per heavy atom. The van der Waals surface area contributed by atoms with Crippen molar-refractivity contribution >= 4 is 15.9 Å². The fourth-order valence-corrected chi connectivity index (χ4v) is 0.964. The molecule has 15 heavy (non-hydrogen) atoms. The standard InChI is InChI=1S/C12H10BrNO/c1-12(2,15)8-4-3-5-11-7-6-10(13)9-14-11/h6-7,9,15H,1-2H3. The van der Waals surface area contributed by atoms with E-state index in [0.29, 0.717) is 5.69 Å². The van der Waals surface area contributed by atoms with Crippen molar-refractivity contribution in [3.05, 3.63) is 28.5 Å². The van der Waals surface area contributed by atoms with Gasteiger partial charge in [0, 0.05) is 10.7 Å². The third-order valence-electron chi connectivity index (χ3n) is 1.35. The molecule has 0 amide bonds. The van der Waals surface area contributed by atoms with E-state index in [4.69, 9.17) is 0 Å². The highest BCUT2D eigenvalue weighted by Crippen LogP contribution is 2.06. The molecule has 0 bridgehead atoms. The average Bonchev–Trinajstić information content (AvgIpc) is 2.14. The van der Waals surface area contributed by atoms with Crippen LogP contribution in [-0.2, 0) is 0 Å². The topological polar surface area (TPSA) is 33.1 Å². The Kier molecular flexibility index (Phi) is 3.91. The molecule has 0 aliphatic carbocycles. The Bertz CT molecular complexity index is 449. The first kappa shape index (κ1) is 11.8. The Labute approximate surface area is 97.9 Å². The summed E-state index contributed by atoms with van der Waals surface area (Å²) in [4.78, 5) is 4.06. The summed E-state index contributed by atoms with van der Waals surface area (Å²) in [7, 11) is 0. The fraction of sp³-hybridized carbons (Fsp3) is 0.250. The van der Waals surface area contributed by atoms with E-state index < -0.39 is 5.60 Å². The van der Waals surface area contributed by atoms with Gasteiger partial charge in [-0.2, -0.15) is 0 Å². The zero-order chi connectivity index (χ0) is 11.3. The van der Waals surface area contributed by atoms with Gasteiger partial charge >= 0.3 is 0 Å². The summed E-state index contributed by atoms with van der Waals surface area (Å²) in [5.41, 5.74) is -0.342. The molecular weight excluding hydrogens is 254 g/mol. The van der Waals surface area contributed by atoms with E-state index in [1.165, 1.54) is 0 Å². The zero-order valence-electron chi connectivity index (χ0n) is 8.50. The van der Waals surface area contributed by atoms with Crippen LogP contribution in [0, 0.1) is 23.7 Å². The van der Waals surface area contributed by atoms with E-state index in [1.807, 2.05) is 6.07 Å². The molecule has 2 nitrogen and oxygen atoms in total. The fourth-order valence-electron chi connectivity index (χ4n) is 0.729. The maximum atomic E-state index is 9.29. The second-order valence-corrected chi connectivity index (χ2v) is 4.34. The molecule has 0 aliphatic heterocycles. The molecular formula is C12H10BrNO. The van der Waals surface area contributed by atoms with Crippen molar-refractivity contribution in [1.82, 2.24) is 4.98 Å². The lowest BCUT2D eigenvalue weighted by atomic mass is 10.1. The Morgan fingerprint density at radius 3 is 2.60 bits per heavy atom. The van der Waals surface area contributed by atoms with Crippen LogP contribution < -0.4 is 0 Å². The van der Waals surface area contributed by atoms with E-state index in [-0.39, 0.29) is 0 Å². The lowest BCUT2D eigenvalue weighted by molar-refractivity contribution is 0.143. The van der Waals surface area contributed by atoms with Crippen LogP contribution in [0.15, 0.2) is 22.8 Å². The summed E-state index contributed by atoms with van der Waals surface area (Å²) in [5.74, 6) is 10.6. The third kappa shape index (κ3) is 5.22. The van der Waals surface area contributed by atoms with Crippen molar-refractivity contribution in [1.29, 1.82) is 0 Å². The molecule has 1 heterocycles. The van der Waals surface area contributed by atoms with Crippen molar-refractivity contribution in [2.24, 2.45) is 0 Å². The smallest absolute Gasteiger partial charge is 0.120 e. The summed E-state index contributed by atoms with van der Waals surface area (Å²) in [6, 6.07) is 3.66. The zero-order valence-corrected chi connectivity index (χ0v) is 10.1. The van der Waals surface area contributed by atoms with Crippen molar-refractivity contribution in [3.63, 3.8) is 0 Å². The molecule has 0 radical (unpaired) electrons. The maximum Gasteiger partial charge on any atom is 0.120 e. The van der Waals surface area contributed by atoms with E-state index in [0.717, 1.165) is 4.47 Å². The minimum absolute atomic E-state index is 0.656. The van der Waals surface area contributed by atoms with Gasteiger partial charge in [-0.25, -0.2) is 4.98 Å². The van der Waals surface area contributed by atoms with Crippen molar-refractivity contribution < 1.29 is 5.11 Å². The van der Waals surface area contributed by atoms with Crippen LogP contribution in [0.5, 0.6) is 0 Å². The summed E-state index contributed by atoms with van der Waals surface area (Å²) < 4.78 is 0.913. The first-order valence-electron chi connectivity index (χ1n) is 4.34. The second kappa shape index (κ2) is 4.98. The molecule has 0 unspecified atom stereocenters. The number of hydrogen-bond donors (Lipinski definition) is 1. The van der Waals surface area contributed by atoms with Gasteiger partial charge in [0.05, 0.1) is 0 Å². The van der Waals surface area contributed by atoms with E-state index in [9.17, 15) is 5.11 Å². The van der Waals surface area contributed by atoms with Crippen molar-refractivity contribution in [2.75, 3.05) is 0 Å². The molecule has 0 fully saturated rings. The highest BCUT2D eigenvalue weighted by Gasteiger charge is 2.04. The van der Waals surface area contributed by atoms with Crippen LogP contribution in [0.25, 0.3) is 0 Å². The highest BCUT2D eigenvalue weighted by atomic mass is 79.9. The molecule has 0 saturated carbocycles. The molecule has 0 aromatic carbocycles. The predicted molar refractivity (Wildman–Crippen MR) is 62.9 cm³/mol. The molecule has 0 saturated heterocycles. The number of aliphatic hydroxyl groups is 1. The number of halogens is 1. The minimum atomic E-state index is -0.998. The van der Waals surface area contributed by atoms with Gasteiger partial charge in [-0.3, -0.25) is 0 Å². The van der Waals surface area contributed by atoms with Crippen molar-refractivity contribution in [3.8, 4) is 23.7 Å². The first-order chi connectivity index (χ1) is 6.97. The summed E-state index contributed by atoms with van der Waals surface area (Å²) in [5, 5.41) is 9.29. The molecule has 0 atom stereocenters. The van der Waals surface area contributed by atoms with Gasteiger partial charge < -0.3 is 5.11 Å². The van der Waals surface area contributed by atoms with Gasteiger partial charge in [0.1, 0.15) is 11.3 Å². The van der Waals surface area contributed by atoms with Gasteiger partial charge in [0.2, 0.25) is 0 Å². The SMILES string of the molecule is CC(C)(O)C#CC#Cc1ccc(Br)cn1. The molecule has 1 rings (SSSR count). The number of nitrogens with zero attached hydrogens (tertiary/aromatic N) is 1. The third-order valence-corrected chi connectivity index (χ3v) is 1.82. The van der Waals surface area contributed by atoms with Crippen LogP contribution >= 0.6 is 15.9 Å². The monoisotopic (exact) mass is 263 g/mol. The predicted octanol–water partition coefficient (Wildman–Crippen LogP) is 1.97. The molecule has 0 aliphatic rings. The number of aromatic nitrogens is 1. The molecule has 1 aromatic heterocycles. The molecule has 0 spiro atoms. The van der Waals surface area contributed by atoms with Gasteiger partial charge in [0.15, 0.2) is 0 Å². The van der Waals surface area contributed by atoms with E-state index >= 15 is 0 Å². The number of rotatable bonds is 0. The quantitative estimate of drug-likeness (QED) is 0.727. The first-order valence-corrected chi connectivity index (χ1v) is 5.14. The van der Waals surface area contributed by atoms with Crippen LogP contribution in [0.1, 0.15) is 19.5 Å². The van der Waals surface area contributed by atoms with Gasteiger partial charge in [-0.05, 0) is 59.7 Å². The van der Waals surface area contributed by atoms with Crippen LogP contribution in [0.4, 0.5) is 0 Å². The Balaban J connectivity index is 2.74. The van der Waals surface area contributed by atoms with Gasteiger partial charge in [-0.1, -0.05) is 5.92 Å². The maximum absolute atomic E-state index is 9.29. The summed E-state index contributed by atoms with van der Waals surface area (Å²) >= 11 is 3.28. The van der Waals surface area contributed by atoms with Gasteiger partial charge in [0.25, 0.3) is 0 Å². The lowest BCUT2D eigenvalue weighted by Gasteiger charge is -2.04. The number of hydrogen-bond acceptors (Lipinski definition) is 2. The number of pyridine rings is 1. The molecule has 1 N–H and O–H groups in total. The van der Waals surface area contributed by atoms with Crippen LogP contribution in [0.2, 0.25) is 0 Å². The van der Waals surface area contributed by atoms with Crippen LogP contribution in [-0.4, -0.2) is 15.7 Å². The molecule has 3 heteroatoms. The van der Waals surface area contributed by atoms with Crippen molar-refractivity contribution in [2.45, 2.75) is 19.4 Å². The molecule has 76 valence electrons. The average molecular weight is 264 g/mol.